The summed E-state index contributed by atoms with van der Waals surface area (Å²) in [6, 6.07) is 16.4. The monoisotopic (exact) mass is 341 g/mol. The van der Waals surface area contributed by atoms with Crippen molar-refractivity contribution in [1.82, 2.24) is 0 Å². The smallest absolute Gasteiger partial charge is 0.0406 e. The van der Waals surface area contributed by atoms with Crippen LogP contribution in [0.1, 0.15) is 31.9 Å². The van der Waals surface area contributed by atoms with E-state index in [0.717, 1.165) is 11.4 Å². The van der Waals surface area contributed by atoms with Crippen LogP contribution in [0, 0.1) is 5.92 Å². The molecule has 4 heteroatoms. The van der Waals surface area contributed by atoms with E-state index in [4.69, 9.17) is 17.3 Å². The van der Waals surface area contributed by atoms with Crippen LogP contribution in [0.2, 0.25) is 5.02 Å². The van der Waals surface area contributed by atoms with Crippen LogP contribution in [0.5, 0.6) is 0 Å². The molecule has 0 amide bonds. The Morgan fingerprint density at radius 1 is 1.10 bits per heavy atom. The van der Waals surface area contributed by atoms with Crippen molar-refractivity contribution < 1.29 is 0 Å². The molecule has 1 unspecified atom stereocenters. The van der Waals surface area contributed by atoms with Gasteiger partial charge in [-0.1, -0.05) is 61.8 Å². The molecule has 2 aromatic rings. The highest BCUT2D eigenvalue weighted by molar-refractivity contribution is 7.99. The number of nitrogens with two attached hydrogens (primary N) is 1. The molecular weight excluding hydrogens is 321 g/mol. The number of rotatable bonds is 5. The SMILES string of the molecule is CCC(C)[C@H](N)c1ccccc1Sc1ccc(Cl)cc1.Cl. The maximum absolute atomic E-state index is 6.39. The summed E-state index contributed by atoms with van der Waals surface area (Å²) >= 11 is 7.67. The number of hydrogen-bond acceptors (Lipinski definition) is 2. The second-order valence-corrected chi connectivity index (χ2v) is 6.56. The highest BCUT2D eigenvalue weighted by Crippen LogP contribution is 2.35. The molecule has 1 nitrogen and oxygen atoms in total. The fraction of sp³-hybridized carbons (Fsp3) is 0.294. The average molecular weight is 342 g/mol. The molecule has 2 aromatic carbocycles. The molecule has 0 fully saturated rings. The van der Waals surface area contributed by atoms with Crippen molar-refractivity contribution in [3.63, 3.8) is 0 Å². The summed E-state index contributed by atoms with van der Waals surface area (Å²) in [6.07, 6.45) is 1.08. The van der Waals surface area contributed by atoms with E-state index in [9.17, 15) is 0 Å². The Labute approximate surface area is 142 Å². The van der Waals surface area contributed by atoms with Crippen molar-refractivity contribution in [1.29, 1.82) is 0 Å². The molecule has 0 spiro atoms. The van der Waals surface area contributed by atoms with Crippen molar-refractivity contribution in [2.45, 2.75) is 36.1 Å². The van der Waals surface area contributed by atoms with Crippen LogP contribution in [-0.2, 0) is 0 Å². The maximum atomic E-state index is 6.39. The zero-order valence-electron chi connectivity index (χ0n) is 12.3. The molecule has 0 aromatic heterocycles. The quantitative estimate of drug-likeness (QED) is 0.725. The molecular formula is C17H21Cl2NS. The van der Waals surface area contributed by atoms with Crippen LogP contribution in [0.25, 0.3) is 0 Å². The molecule has 2 N–H and O–H groups in total. The van der Waals surface area contributed by atoms with Crippen molar-refractivity contribution in [2.24, 2.45) is 11.7 Å². The zero-order chi connectivity index (χ0) is 14.5. The zero-order valence-corrected chi connectivity index (χ0v) is 14.6. The van der Waals surface area contributed by atoms with Crippen LogP contribution in [-0.4, -0.2) is 0 Å². The van der Waals surface area contributed by atoms with Gasteiger partial charge in [-0.25, -0.2) is 0 Å². The minimum Gasteiger partial charge on any atom is -0.324 e. The second kappa shape index (κ2) is 8.70. The van der Waals surface area contributed by atoms with Crippen LogP contribution >= 0.6 is 35.8 Å². The molecule has 0 aliphatic carbocycles. The van der Waals surface area contributed by atoms with Gasteiger partial charge in [0, 0.05) is 20.9 Å². The summed E-state index contributed by atoms with van der Waals surface area (Å²) in [5.41, 5.74) is 7.62. The van der Waals surface area contributed by atoms with E-state index in [0.29, 0.717) is 5.92 Å². The number of hydrogen-bond donors (Lipinski definition) is 1. The van der Waals surface area contributed by atoms with Crippen molar-refractivity contribution in [3.05, 3.63) is 59.1 Å². The Hall–Kier alpha value is -0.670. The van der Waals surface area contributed by atoms with Crippen LogP contribution in [0.15, 0.2) is 58.3 Å². The Balaban J connectivity index is 0.00000220. The van der Waals surface area contributed by atoms with Crippen LogP contribution in [0.4, 0.5) is 0 Å². The third-order valence-electron chi connectivity index (χ3n) is 3.58. The molecule has 2 atom stereocenters. The lowest BCUT2D eigenvalue weighted by molar-refractivity contribution is 0.452. The topological polar surface area (TPSA) is 26.0 Å². The third kappa shape index (κ3) is 4.93. The Bertz CT molecular complexity index is 557. The van der Waals surface area contributed by atoms with Crippen LogP contribution < -0.4 is 5.73 Å². The van der Waals surface area contributed by atoms with E-state index in [1.54, 1.807) is 11.8 Å². The average Bonchev–Trinajstić information content (AvgIpc) is 2.48. The van der Waals surface area contributed by atoms with Gasteiger partial charge in [0.15, 0.2) is 0 Å². The summed E-state index contributed by atoms with van der Waals surface area (Å²) in [5.74, 6) is 0.474. The number of benzene rings is 2. The minimum atomic E-state index is 0. The lowest BCUT2D eigenvalue weighted by atomic mass is 9.93. The molecule has 0 aliphatic rings. The van der Waals surface area contributed by atoms with Gasteiger partial charge in [0.25, 0.3) is 0 Å². The van der Waals surface area contributed by atoms with Gasteiger partial charge in [-0.15, -0.1) is 12.4 Å². The van der Waals surface area contributed by atoms with E-state index in [2.05, 4.69) is 38.1 Å². The Morgan fingerprint density at radius 3 is 2.33 bits per heavy atom. The minimum absolute atomic E-state index is 0. The Kier molecular flexibility index (Phi) is 7.61. The molecule has 114 valence electrons. The maximum Gasteiger partial charge on any atom is 0.0406 e. The van der Waals surface area contributed by atoms with Crippen molar-refractivity contribution in [2.75, 3.05) is 0 Å². The van der Waals surface area contributed by atoms with E-state index >= 15 is 0 Å². The lowest BCUT2D eigenvalue weighted by Gasteiger charge is -2.21. The van der Waals surface area contributed by atoms with Gasteiger partial charge in [0.1, 0.15) is 0 Å². The van der Waals surface area contributed by atoms with Gasteiger partial charge in [-0.05, 0) is 41.8 Å². The summed E-state index contributed by atoms with van der Waals surface area (Å²) in [5, 5.41) is 0.763. The first kappa shape index (κ1) is 18.4. The first-order valence-corrected chi connectivity index (χ1v) is 8.09. The van der Waals surface area contributed by atoms with Gasteiger partial charge in [-0.3, -0.25) is 0 Å². The van der Waals surface area contributed by atoms with Gasteiger partial charge >= 0.3 is 0 Å². The fourth-order valence-electron chi connectivity index (χ4n) is 2.04. The predicted molar refractivity (Wildman–Crippen MR) is 95.6 cm³/mol. The lowest BCUT2D eigenvalue weighted by Crippen LogP contribution is -2.19. The van der Waals surface area contributed by atoms with Gasteiger partial charge in [0.2, 0.25) is 0 Å². The summed E-state index contributed by atoms with van der Waals surface area (Å²) in [7, 11) is 0. The normalized spacial score (nSPS) is 13.3. The highest BCUT2D eigenvalue weighted by Gasteiger charge is 2.16. The first-order chi connectivity index (χ1) is 9.61. The fourth-order valence-corrected chi connectivity index (χ4v) is 3.16. The molecule has 21 heavy (non-hydrogen) atoms. The highest BCUT2D eigenvalue weighted by atomic mass is 35.5. The summed E-state index contributed by atoms with van der Waals surface area (Å²) in [4.78, 5) is 2.40. The van der Waals surface area contributed by atoms with E-state index < -0.39 is 0 Å². The Morgan fingerprint density at radius 2 is 1.71 bits per heavy atom. The van der Waals surface area contributed by atoms with E-state index in [1.165, 1.54) is 15.4 Å². The van der Waals surface area contributed by atoms with Gasteiger partial charge < -0.3 is 5.73 Å². The van der Waals surface area contributed by atoms with E-state index in [-0.39, 0.29) is 18.4 Å². The summed E-state index contributed by atoms with van der Waals surface area (Å²) in [6.45, 7) is 4.38. The molecule has 0 heterocycles. The molecule has 0 saturated carbocycles. The standard InChI is InChI=1S/C17H20ClNS.ClH/c1-3-12(2)17(19)15-6-4-5-7-16(15)20-14-10-8-13(18)9-11-14;/h4-12,17H,3,19H2,1-2H3;1H/t12?,17-;/m0./s1. The van der Waals surface area contributed by atoms with Crippen molar-refractivity contribution >= 4 is 35.8 Å². The molecule has 2 rings (SSSR count). The third-order valence-corrected chi connectivity index (χ3v) is 4.93. The van der Waals surface area contributed by atoms with Crippen LogP contribution in [0.3, 0.4) is 0 Å². The second-order valence-electron chi connectivity index (χ2n) is 5.01. The first-order valence-electron chi connectivity index (χ1n) is 6.89. The molecule has 0 radical (unpaired) electrons. The molecule has 0 bridgehead atoms. The largest absolute Gasteiger partial charge is 0.324 e. The number of halogens is 2. The van der Waals surface area contributed by atoms with Gasteiger partial charge in [0.05, 0.1) is 0 Å². The summed E-state index contributed by atoms with van der Waals surface area (Å²) < 4.78 is 0. The molecule has 0 saturated heterocycles. The van der Waals surface area contributed by atoms with Crippen molar-refractivity contribution in [3.8, 4) is 0 Å². The van der Waals surface area contributed by atoms with E-state index in [1.807, 2.05) is 24.3 Å². The molecule has 0 aliphatic heterocycles. The van der Waals surface area contributed by atoms with Gasteiger partial charge in [-0.2, -0.15) is 0 Å². The predicted octanol–water partition coefficient (Wildman–Crippen LogP) is 5.96.